The second-order valence-electron chi connectivity index (χ2n) is 11.7. The van der Waals surface area contributed by atoms with E-state index in [1.165, 1.54) is 45.9 Å². The van der Waals surface area contributed by atoms with Crippen molar-refractivity contribution in [1.82, 2.24) is 10.6 Å². The molecule has 0 fully saturated rings. The van der Waals surface area contributed by atoms with E-state index >= 15 is 0 Å². The van der Waals surface area contributed by atoms with Gasteiger partial charge in [-0.25, -0.2) is 19.2 Å². The van der Waals surface area contributed by atoms with Gasteiger partial charge in [0.2, 0.25) is 0 Å². The zero-order valence-corrected chi connectivity index (χ0v) is 26.4. The smallest absolute Gasteiger partial charge is 0.407 e. The summed E-state index contributed by atoms with van der Waals surface area (Å²) >= 11 is 0. The first kappa shape index (κ1) is 34.8. The summed E-state index contributed by atoms with van der Waals surface area (Å²) in [6, 6.07) is 12.4. The predicted octanol–water partition coefficient (Wildman–Crippen LogP) is 6.04. The SMILES string of the molecule is CC(C)(C)OC(=O)NC(CSSCC(Cc1ccc(C(=O)O)cc1)NC(=O)OC(C)(C)C)Cc1ccc(C(=O)O)cc1. The standard InChI is InChI=1S/C30H40N2O8S2/c1-29(2,3)39-27(37)31-23(15-19-7-11-21(12-8-19)25(33)34)17-41-42-18-24(32-28(38)40-30(4,5)6)16-20-9-13-22(14-10-20)26(35)36/h7-14,23-24H,15-18H2,1-6H3,(H,31,37)(H,32,38)(H,33,34)(H,35,36). The number of alkyl carbamates (subject to hydrolysis) is 2. The first-order chi connectivity index (χ1) is 19.5. The van der Waals surface area contributed by atoms with E-state index in [9.17, 15) is 29.4 Å². The zero-order chi connectivity index (χ0) is 31.5. The molecule has 0 radical (unpaired) electrons. The molecule has 2 rings (SSSR count). The molecular weight excluding hydrogens is 580 g/mol. The number of hydrogen-bond acceptors (Lipinski definition) is 8. The highest BCUT2D eigenvalue weighted by molar-refractivity contribution is 8.76. The van der Waals surface area contributed by atoms with Crippen molar-refractivity contribution in [3.05, 3.63) is 70.8 Å². The Morgan fingerprint density at radius 1 is 0.643 bits per heavy atom. The molecule has 2 atom stereocenters. The van der Waals surface area contributed by atoms with Gasteiger partial charge in [0.25, 0.3) is 0 Å². The summed E-state index contributed by atoms with van der Waals surface area (Å²) in [4.78, 5) is 47.4. The molecule has 0 aliphatic heterocycles. The van der Waals surface area contributed by atoms with Gasteiger partial charge in [-0.15, -0.1) is 0 Å². The molecule has 0 aliphatic rings. The number of amides is 2. The maximum atomic E-state index is 12.5. The van der Waals surface area contributed by atoms with Gasteiger partial charge in [-0.1, -0.05) is 45.9 Å². The number of ether oxygens (including phenoxy) is 2. The molecule has 0 spiro atoms. The quantitative estimate of drug-likeness (QED) is 0.154. The van der Waals surface area contributed by atoms with E-state index in [0.717, 1.165) is 11.1 Å². The van der Waals surface area contributed by atoms with Crippen LogP contribution in [0.2, 0.25) is 0 Å². The fourth-order valence-electron chi connectivity index (χ4n) is 3.65. The van der Waals surface area contributed by atoms with E-state index in [2.05, 4.69) is 10.6 Å². The fraction of sp³-hybridized carbons (Fsp3) is 0.467. The molecule has 2 aromatic rings. The third-order valence-electron chi connectivity index (χ3n) is 5.43. The van der Waals surface area contributed by atoms with E-state index in [1.54, 1.807) is 65.8 Å². The van der Waals surface area contributed by atoms with Crippen LogP contribution in [0.1, 0.15) is 73.4 Å². The third kappa shape index (κ3) is 14.0. The van der Waals surface area contributed by atoms with Crippen molar-refractivity contribution in [3.63, 3.8) is 0 Å². The number of aromatic carboxylic acids is 2. The summed E-state index contributed by atoms with van der Waals surface area (Å²) in [6.07, 6.45) is -0.172. The fourth-order valence-corrected chi connectivity index (χ4v) is 6.13. The maximum absolute atomic E-state index is 12.5. The van der Waals surface area contributed by atoms with E-state index in [-0.39, 0.29) is 23.2 Å². The number of carbonyl (C=O) groups excluding carboxylic acids is 2. The number of carboxylic acid groups (broad SMARTS) is 2. The van der Waals surface area contributed by atoms with Crippen molar-refractivity contribution in [2.24, 2.45) is 0 Å². The van der Waals surface area contributed by atoms with Crippen molar-refractivity contribution in [3.8, 4) is 0 Å². The molecule has 10 nitrogen and oxygen atoms in total. The first-order valence-electron chi connectivity index (χ1n) is 13.4. The van der Waals surface area contributed by atoms with Gasteiger partial charge in [-0.2, -0.15) is 0 Å². The summed E-state index contributed by atoms with van der Waals surface area (Å²) < 4.78 is 10.9. The van der Waals surface area contributed by atoms with Crippen molar-refractivity contribution < 1.29 is 38.9 Å². The molecule has 0 aromatic heterocycles. The van der Waals surface area contributed by atoms with Crippen molar-refractivity contribution >= 4 is 45.7 Å². The Kier molecular flexibility index (Phi) is 13.0. The van der Waals surface area contributed by atoms with Crippen LogP contribution in [0, 0.1) is 0 Å². The Morgan fingerprint density at radius 2 is 0.952 bits per heavy atom. The number of carboxylic acids is 2. The average Bonchev–Trinajstić information content (AvgIpc) is 2.84. The topological polar surface area (TPSA) is 151 Å². The normalized spacial score (nSPS) is 13.0. The molecule has 0 bridgehead atoms. The molecule has 0 heterocycles. The lowest BCUT2D eigenvalue weighted by molar-refractivity contribution is 0.0497. The first-order valence-corrected chi connectivity index (χ1v) is 15.9. The minimum atomic E-state index is -1.01. The van der Waals surface area contributed by atoms with Crippen molar-refractivity contribution in [2.75, 3.05) is 11.5 Å². The molecule has 42 heavy (non-hydrogen) atoms. The summed E-state index contributed by atoms with van der Waals surface area (Å²) in [5.41, 5.74) is 0.760. The van der Waals surface area contributed by atoms with E-state index < -0.39 is 35.3 Å². The summed E-state index contributed by atoms with van der Waals surface area (Å²) in [5, 5.41) is 24.2. The van der Waals surface area contributed by atoms with Gasteiger partial charge < -0.3 is 30.3 Å². The molecule has 2 unspecified atom stereocenters. The van der Waals surface area contributed by atoms with Crippen LogP contribution in [-0.4, -0.2) is 69.1 Å². The van der Waals surface area contributed by atoms with E-state index in [4.69, 9.17) is 9.47 Å². The third-order valence-corrected chi connectivity index (χ3v) is 7.99. The maximum Gasteiger partial charge on any atom is 0.407 e. The highest BCUT2D eigenvalue weighted by Gasteiger charge is 2.22. The predicted molar refractivity (Wildman–Crippen MR) is 165 cm³/mol. The van der Waals surface area contributed by atoms with Crippen LogP contribution in [0.15, 0.2) is 48.5 Å². The van der Waals surface area contributed by atoms with Crippen LogP contribution in [0.5, 0.6) is 0 Å². The lowest BCUT2D eigenvalue weighted by atomic mass is 10.1. The van der Waals surface area contributed by atoms with Gasteiger partial charge in [0.15, 0.2) is 0 Å². The number of benzene rings is 2. The average molecular weight is 621 g/mol. The Labute approximate surface area is 254 Å². The van der Waals surface area contributed by atoms with Crippen LogP contribution in [0.25, 0.3) is 0 Å². The monoisotopic (exact) mass is 620 g/mol. The van der Waals surface area contributed by atoms with Crippen LogP contribution in [0.4, 0.5) is 9.59 Å². The van der Waals surface area contributed by atoms with Crippen molar-refractivity contribution in [1.29, 1.82) is 0 Å². The number of carbonyl (C=O) groups is 4. The molecular formula is C30H40N2O8S2. The van der Waals surface area contributed by atoms with E-state index in [1.807, 2.05) is 0 Å². The molecule has 2 aromatic carbocycles. The number of rotatable bonds is 13. The van der Waals surface area contributed by atoms with Gasteiger partial charge in [-0.3, -0.25) is 0 Å². The Morgan fingerprint density at radius 3 is 1.21 bits per heavy atom. The van der Waals surface area contributed by atoms with Crippen LogP contribution < -0.4 is 10.6 Å². The minimum Gasteiger partial charge on any atom is -0.478 e. The summed E-state index contributed by atoms with van der Waals surface area (Å²) in [6.45, 7) is 10.7. The molecule has 0 saturated carbocycles. The molecule has 12 heteroatoms. The molecule has 0 aliphatic carbocycles. The van der Waals surface area contributed by atoms with Gasteiger partial charge >= 0.3 is 24.1 Å². The van der Waals surface area contributed by atoms with Gasteiger partial charge in [0.05, 0.1) is 11.1 Å². The molecule has 4 N–H and O–H groups in total. The lowest BCUT2D eigenvalue weighted by Crippen LogP contribution is -2.42. The largest absolute Gasteiger partial charge is 0.478 e. The molecule has 0 saturated heterocycles. The lowest BCUT2D eigenvalue weighted by Gasteiger charge is -2.25. The Hall–Kier alpha value is -3.38. The summed E-state index contributed by atoms with van der Waals surface area (Å²) in [5.74, 6) is -0.998. The minimum absolute atomic E-state index is 0.182. The number of hydrogen-bond donors (Lipinski definition) is 4. The van der Waals surface area contributed by atoms with Crippen LogP contribution >= 0.6 is 21.6 Å². The second-order valence-corrected chi connectivity index (χ2v) is 14.2. The van der Waals surface area contributed by atoms with E-state index in [0.29, 0.717) is 24.3 Å². The van der Waals surface area contributed by atoms with Crippen LogP contribution in [0.3, 0.4) is 0 Å². The van der Waals surface area contributed by atoms with Gasteiger partial charge in [0, 0.05) is 23.6 Å². The summed E-state index contributed by atoms with van der Waals surface area (Å²) in [7, 11) is 3.03. The Balaban J connectivity index is 2.07. The second kappa shape index (κ2) is 15.7. The molecule has 2 amide bonds. The van der Waals surface area contributed by atoms with Gasteiger partial charge in [0.1, 0.15) is 11.2 Å². The highest BCUT2D eigenvalue weighted by Crippen LogP contribution is 2.25. The highest BCUT2D eigenvalue weighted by atomic mass is 33.1. The zero-order valence-electron chi connectivity index (χ0n) is 24.8. The molecule has 230 valence electrons. The van der Waals surface area contributed by atoms with Gasteiger partial charge in [-0.05, 0) is 89.8 Å². The Bertz CT molecular complexity index is 1110. The number of nitrogens with one attached hydrogen (secondary N) is 2. The van der Waals surface area contributed by atoms with Crippen molar-refractivity contribution in [2.45, 2.75) is 77.7 Å². The van der Waals surface area contributed by atoms with Crippen LogP contribution in [-0.2, 0) is 22.3 Å².